The third-order valence-electron chi connectivity index (χ3n) is 4.21. The molecule has 1 fully saturated rings. The van der Waals surface area contributed by atoms with Gasteiger partial charge in [0.1, 0.15) is 0 Å². The van der Waals surface area contributed by atoms with E-state index in [-0.39, 0.29) is 6.04 Å². The Bertz CT molecular complexity index is 400. The fourth-order valence-electron chi connectivity index (χ4n) is 2.94. The Hall–Kier alpha value is -0.860. The Kier molecular flexibility index (Phi) is 4.41. The van der Waals surface area contributed by atoms with Crippen LogP contribution in [0.25, 0.3) is 0 Å². The van der Waals surface area contributed by atoms with Crippen LogP contribution in [0.3, 0.4) is 0 Å². The molecule has 1 aromatic rings. The molecule has 2 N–H and O–H groups in total. The second kappa shape index (κ2) is 5.85. The van der Waals surface area contributed by atoms with Crippen LogP contribution >= 0.6 is 0 Å². The van der Waals surface area contributed by atoms with Gasteiger partial charge in [0, 0.05) is 18.6 Å². The van der Waals surface area contributed by atoms with Crippen molar-refractivity contribution in [1.82, 2.24) is 4.90 Å². The number of nitrogens with two attached hydrogens (primary N) is 1. The van der Waals surface area contributed by atoms with Gasteiger partial charge in [-0.1, -0.05) is 30.2 Å². The third-order valence-corrected chi connectivity index (χ3v) is 4.21. The van der Waals surface area contributed by atoms with Gasteiger partial charge in [0.2, 0.25) is 0 Å². The lowest BCUT2D eigenvalue weighted by molar-refractivity contribution is 0.151. The minimum atomic E-state index is 0.144. The van der Waals surface area contributed by atoms with Gasteiger partial charge in [-0.05, 0) is 51.3 Å². The molecule has 0 bridgehead atoms. The van der Waals surface area contributed by atoms with Crippen molar-refractivity contribution in [2.75, 3.05) is 13.1 Å². The highest BCUT2D eigenvalue weighted by molar-refractivity contribution is 5.33. The van der Waals surface area contributed by atoms with Crippen molar-refractivity contribution in [3.63, 3.8) is 0 Å². The highest BCUT2D eigenvalue weighted by Gasteiger charge is 2.21. The first-order valence-corrected chi connectivity index (χ1v) is 7.14. The van der Waals surface area contributed by atoms with Crippen molar-refractivity contribution in [2.24, 2.45) is 5.73 Å². The summed E-state index contributed by atoms with van der Waals surface area (Å²) in [5.41, 5.74) is 10.3. The predicted molar refractivity (Wildman–Crippen MR) is 77.7 cm³/mol. The Morgan fingerprint density at radius 2 is 2.11 bits per heavy atom. The maximum Gasteiger partial charge on any atom is 0.0427 e. The molecule has 1 aliphatic rings. The van der Waals surface area contributed by atoms with Crippen molar-refractivity contribution >= 4 is 0 Å². The van der Waals surface area contributed by atoms with Crippen LogP contribution in [0.5, 0.6) is 0 Å². The van der Waals surface area contributed by atoms with E-state index >= 15 is 0 Å². The molecule has 2 heteroatoms. The van der Waals surface area contributed by atoms with Crippen LogP contribution in [0, 0.1) is 13.8 Å². The minimum absolute atomic E-state index is 0.144. The maximum atomic E-state index is 6.42. The Balaban J connectivity index is 2.06. The van der Waals surface area contributed by atoms with Crippen LogP contribution < -0.4 is 5.73 Å². The first-order valence-electron chi connectivity index (χ1n) is 7.14. The van der Waals surface area contributed by atoms with Crippen LogP contribution in [-0.4, -0.2) is 24.0 Å². The summed E-state index contributed by atoms with van der Waals surface area (Å²) in [6.45, 7) is 8.83. The van der Waals surface area contributed by atoms with Crippen LogP contribution in [0.4, 0.5) is 0 Å². The Morgan fingerprint density at radius 3 is 2.83 bits per heavy atom. The van der Waals surface area contributed by atoms with E-state index in [1.54, 1.807) is 0 Å². The molecule has 0 amide bonds. The topological polar surface area (TPSA) is 29.3 Å². The number of likely N-dealkylation sites (tertiary alicyclic amines) is 1. The zero-order chi connectivity index (χ0) is 13.1. The second-order valence-electron chi connectivity index (χ2n) is 5.81. The molecule has 0 saturated carbocycles. The molecular weight excluding hydrogens is 220 g/mol. The summed E-state index contributed by atoms with van der Waals surface area (Å²) in [5, 5.41) is 0. The summed E-state index contributed by atoms with van der Waals surface area (Å²) in [5.74, 6) is 0. The molecule has 0 aromatic heterocycles. The van der Waals surface area contributed by atoms with Crippen molar-refractivity contribution in [1.29, 1.82) is 0 Å². The molecule has 0 radical (unpaired) electrons. The lowest BCUT2D eigenvalue weighted by atomic mass is 9.97. The molecule has 18 heavy (non-hydrogen) atoms. The lowest BCUT2D eigenvalue weighted by Crippen LogP contribution is -2.41. The van der Waals surface area contributed by atoms with Gasteiger partial charge in [0.05, 0.1) is 0 Å². The fourth-order valence-corrected chi connectivity index (χ4v) is 2.94. The summed E-state index contributed by atoms with van der Waals surface area (Å²) in [4.78, 5) is 2.55. The molecule has 1 saturated heterocycles. The molecule has 1 aliphatic heterocycles. The standard InChI is InChI=1S/C16H26N2/c1-12-7-8-13(2)15(10-12)16(17)11-18-9-5-4-6-14(18)3/h7-8,10,14,16H,4-6,9,11,17H2,1-3H3. The maximum absolute atomic E-state index is 6.42. The van der Waals surface area contributed by atoms with Gasteiger partial charge in [-0.15, -0.1) is 0 Å². The number of nitrogens with zero attached hydrogens (tertiary/aromatic N) is 1. The first-order chi connectivity index (χ1) is 8.58. The molecule has 1 heterocycles. The summed E-state index contributed by atoms with van der Waals surface area (Å²) in [6, 6.07) is 7.42. The molecule has 2 unspecified atom stereocenters. The van der Waals surface area contributed by atoms with Crippen molar-refractivity contribution in [2.45, 2.75) is 52.1 Å². The second-order valence-corrected chi connectivity index (χ2v) is 5.81. The number of piperidine rings is 1. The van der Waals surface area contributed by atoms with Gasteiger partial charge in [0.25, 0.3) is 0 Å². The lowest BCUT2D eigenvalue weighted by Gasteiger charge is -2.35. The van der Waals surface area contributed by atoms with E-state index < -0.39 is 0 Å². The van der Waals surface area contributed by atoms with Gasteiger partial charge >= 0.3 is 0 Å². The van der Waals surface area contributed by atoms with Gasteiger partial charge < -0.3 is 5.73 Å². The largest absolute Gasteiger partial charge is 0.323 e. The molecule has 2 atom stereocenters. The molecule has 100 valence electrons. The normalized spacial score (nSPS) is 23.0. The summed E-state index contributed by atoms with van der Waals surface area (Å²) in [6.07, 6.45) is 4.01. The zero-order valence-corrected chi connectivity index (χ0v) is 11.9. The van der Waals surface area contributed by atoms with E-state index in [0.29, 0.717) is 6.04 Å². The zero-order valence-electron chi connectivity index (χ0n) is 11.9. The number of hydrogen-bond donors (Lipinski definition) is 1. The fraction of sp³-hybridized carbons (Fsp3) is 0.625. The van der Waals surface area contributed by atoms with E-state index in [0.717, 1.165) is 6.54 Å². The highest BCUT2D eigenvalue weighted by atomic mass is 15.2. The third kappa shape index (κ3) is 3.12. The number of rotatable bonds is 3. The molecule has 1 aromatic carbocycles. The summed E-state index contributed by atoms with van der Waals surface area (Å²) < 4.78 is 0. The Labute approximate surface area is 111 Å². The molecule has 2 nitrogen and oxygen atoms in total. The SMILES string of the molecule is Cc1ccc(C)c(C(N)CN2CCCCC2C)c1. The van der Waals surface area contributed by atoms with Crippen LogP contribution in [0.2, 0.25) is 0 Å². The quantitative estimate of drug-likeness (QED) is 0.887. The molecule has 0 aliphatic carbocycles. The first kappa shape index (κ1) is 13.6. The van der Waals surface area contributed by atoms with Crippen molar-refractivity contribution < 1.29 is 0 Å². The number of aryl methyl sites for hydroxylation is 2. The van der Waals surface area contributed by atoms with Crippen molar-refractivity contribution in [3.8, 4) is 0 Å². The van der Waals surface area contributed by atoms with Gasteiger partial charge in [-0.25, -0.2) is 0 Å². The Morgan fingerprint density at radius 1 is 1.33 bits per heavy atom. The van der Waals surface area contributed by atoms with E-state index in [4.69, 9.17) is 5.73 Å². The monoisotopic (exact) mass is 246 g/mol. The average molecular weight is 246 g/mol. The molecule has 0 spiro atoms. The minimum Gasteiger partial charge on any atom is -0.323 e. The predicted octanol–water partition coefficient (Wildman–Crippen LogP) is 3.18. The molecular formula is C16H26N2. The smallest absolute Gasteiger partial charge is 0.0427 e. The average Bonchev–Trinajstić information content (AvgIpc) is 2.35. The molecule has 2 rings (SSSR count). The van der Waals surface area contributed by atoms with Gasteiger partial charge in [-0.3, -0.25) is 4.90 Å². The van der Waals surface area contributed by atoms with E-state index in [1.165, 1.54) is 42.5 Å². The van der Waals surface area contributed by atoms with Gasteiger partial charge in [0.15, 0.2) is 0 Å². The van der Waals surface area contributed by atoms with Crippen LogP contribution in [-0.2, 0) is 0 Å². The van der Waals surface area contributed by atoms with E-state index in [2.05, 4.69) is 43.9 Å². The number of benzene rings is 1. The van der Waals surface area contributed by atoms with E-state index in [9.17, 15) is 0 Å². The van der Waals surface area contributed by atoms with E-state index in [1.807, 2.05) is 0 Å². The van der Waals surface area contributed by atoms with Crippen LogP contribution in [0.1, 0.15) is 48.9 Å². The summed E-state index contributed by atoms with van der Waals surface area (Å²) in [7, 11) is 0. The van der Waals surface area contributed by atoms with Crippen LogP contribution in [0.15, 0.2) is 18.2 Å². The number of hydrogen-bond acceptors (Lipinski definition) is 2. The highest BCUT2D eigenvalue weighted by Crippen LogP contribution is 2.22. The summed E-state index contributed by atoms with van der Waals surface area (Å²) >= 11 is 0. The van der Waals surface area contributed by atoms with Gasteiger partial charge in [-0.2, -0.15) is 0 Å². The van der Waals surface area contributed by atoms with Crippen molar-refractivity contribution in [3.05, 3.63) is 34.9 Å².